The number of carbonyl (C=O) groups excluding carboxylic acids is 2. The zero-order valence-corrected chi connectivity index (χ0v) is 31.4. The molecule has 5 rings (SSSR count). The van der Waals surface area contributed by atoms with Gasteiger partial charge < -0.3 is 24.4 Å². The van der Waals surface area contributed by atoms with Crippen molar-refractivity contribution in [2.45, 2.75) is 75.9 Å². The lowest BCUT2D eigenvalue weighted by Gasteiger charge is -2.35. The first-order valence-electron chi connectivity index (χ1n) is 17.6. The molecule has 276 valence electrons. The molecule has 0 aliphatic heterocycles. The van der Waals surface area contributed by atoms with E-state index < -0.39 is 28.5 Å². The number of hydrogen-bond donors (Lipinski definition) is 1. The Morgan fingerprint density at radius 2 is 1.44 bits per heavy atom. The number of ether oxygens (including phenoxy) is 3. The van der Waals surface area contributed by atoms with Crippen LogP contribution in [0.25, 0.3) is 0 Å². The fourth-order valence-electron chi connectivity index (χ4n) is 6.79. The van der Waals surface area contributed by atoms with Gasteiger partial charge in [-0.2, -0.15) is 0 Å². The Morgan fingerprint density at radius 3 is 2.10 bits per heavy atom. The highest BCUT2D eigenvalue weighted by atomic mass is 32.2. The largest absolute Gasteiger partial charge is 0.497 e. The van der Waals surface area contributed by atoms with E-state index in [1.807, 2.05) is 74.5 Å². The normalized spacial score (nSPS) is 13.9. The predicted octanol–water partition coefficient (Wildman–Crippen LogP) is 6.61. The molecule has 0 heterocycles. The number of nitrogens with one attached hydrogen (secondary N) is 1. The maximum atomic E-state index is 14.9. The molecule has 0 aromatic heterocycles. The number of sulfonamides is 1. The van der Waals surface area contributed by atoms with Crippen molar-refractivity contribution in [3.8, 4) is 17.2 Å². The van der Waals surface area contributed by atoms with Crippen molar-refractivity contribution in [3.63, 3.8) is 0 Å². The van der Waals surface area contributed by atoms with Crippen LogP contribution in [0.3, 0.4) is 0 Å². The minimum atomic E-state index is -4.36. The fraction of sp³-hybridized carbons (Fsp3) is 0.366. The molecule has 1 N–H and O–H groups in total. The maximum Gasteiger partial charge on any atom is 0.264 e. The zero-order chi connectivity index (χ0) is 37.3. The van der Waals surface area contributed by atoms with Crippen LogP contribution in [0.4, 0.5) is 5.69 Å². The van der Waals surface area contributed by atoms with Gasteiger partial charge in [0.05, 0.1) is 31.9 Å². The van der Waals surface area contributed by atoms with E-state index in [0.717, 1.165) is 58.7 Å². The molecule has 10 nitrogen and oxygen atoms in total. The highest BCUT2D eigenvalue weighted by Gasteiger charge is 2.36. The molecule has 11 heteroatoms. The van der Waals surface area contributed by atoms with Gasteiger partial charge in [0.25, 0.3) is 10.0 Å². The average Bonchev–Trinajstić information content (AvgIpc) is 3.15. The topological polar surface area (TPSA) is 114 Å². The molecule has 1 unspecified atom stereocenters. The third-order valence-corrected chi connectivity index (χ3v) is 11.2. The van der Waals surface area contributed by atoms with E-state index in [4.69, 9.17) is 14.2 Å². The lowest BCUT2D eigenvalue weighted by atomic mass is 9.94. The number of anilines is 1. The lowest BCUT2D eigenvalue weighted by Crippen LogP contribution is -2.55. The number of carbonyl (C=O) groups is 2. The van der Waals surface area contributed by atoms with E-state index in [-0.39, 0.29) is 35.6 Å². The maximum absolute atomic E-state index is 14.9. The Balaban J connectivity index is 1.61. The van der Waals surface area contributed by atoms with Gasteiger partial charge in [-0.05, 0) is 85.3 Å². The molecular weight excluding hydrogens is 679 g/mol. The van der Waals surface area contributed by atoms with E-state index in [1.165, 1.54) is 37.3 Å². The van der Waals surface area contributed by atoms with Crippen LogP contribution < -0.4 is 23.8 Å². The summed E-state index contributed by atoms with van der Waals surface area (Å²) in [4.78, 5) is 30.8. The van der Waals surface area contributed by atoms with E-state index >= 15 is 0 Å². The van der Waals surface area contributed by atoms with Crippen molar-refractivity contribution in [2.75, 3.05) is 32.2 Å². The van der Waals surface area contributed by atoms with Crippen LogP contribution in [0.1, 0.15) is 54.4 Å². The van der Waals surface area contributed by atoms with Crippen molar-refractivity contribution in [3.05, 3.63) is 113 Å². The van der Waals surface area contributed by atoms with Gasteiger partial charge >= 0.3 is 0 Å². The Bertz CT molecular complexity index is 1920. The Labute approximate surface area is 307 Å². The molecule has 1 aliphatic rings. The van der Waals surface area contributed by atoms with Gasteiger partial charge in [-0.15, -0.1) is 0 Å². The second-order valence-electron chi connectivity index (χ2n) is 13.3. The standard InChI is InChI=1S/C41H49N3O7S/c1-29-21-30(2)23-34(22-29)44(52(47,48)36-19-20-38(50-4)39(26-36)51-5)28-40(45)43(27-32-15-12-18-35(24-32)49-3)37(25-31-13-8-6-9-14-31)41(46)42-33-16-10-7-11-17-33/h6,8-9,12-15,18-24,26,33,37H,7,10-11,16-17,25,27-28H2,1-5H3,(H,42,46). The van der Waals surface area contributed by atoms with Gasteiger partial charge in [0.2, 0.25) is 11.8 Å². The summed E-state index contributed by atoms with van der Waals surface area (Å²) in [7, 11) is 0.117. The Hall–Kier alpha value is -5.03. The van der Waals surface area contributed by atoms with Crippen molar-refractivity contribution in [2.24, 2.45) is 0 Å². The van der Waals surface area contributed by atoms with Gasteiger partial charge in [0.15, 0.2) is 11.5 Å². The molecule has 2 amide bonds. The molecule has 1 fully saturated rings. The summed E-state index contributed by atoms with van der Waals surface area (Å²) >= 11 is 0. The highest BCUT2D eigenvalue weighted by molar-refractivity contribution is 7.92. The summed E-state index contributed by atoms with van der Waals surface area (Å²) in [6.07, 6.45) is 5.17. The molecule has 0 radical (unpaired) electrons. The van der Waals surface area contributed by atoms with Crippen LogP contribution in [0.2, 0.25) is 0 Å². The van der Waals surface area contributed by atoms with Gasteiger partial charge in [0, 0.05) is 25.1 Å². The quantitative estimate of drug-likeness (QED) is 0.147. The van der Waals surface area contributed by atoms with Crippen molar-refractivity contribution in [1.82, 2.24) is 10.2 Å². The predicted molar refractivity (Wildman–Crippen MR) is 202 cm³/mol. The number of aryl methyl sites for hydroxylation is 2. The minimum Gasteiger partial charge on any atom is -0.497 e. The number of hydrogen-bond acceptors (Lipinski definition) is 7. The molecule has 52 heavy (non-hydrogen) atoms. The second kappa shape index (κ2) is 17.5. The zero-order valence-electron chi connectivity index (χ0n) is 30.6. The summed E-state index contributed by atoms with van der Waals surface area (Å²) in [6.45, 7) is 3.23. The summed E-state index contributed by atoms with van der Waals surface area (Å²) in [6, 6.07) is 25.7. The van der Waals surface area contributed by atoms with Crippen LogP contribution in [0.5, 0.6) is 17.2 Å². The first-order valence-corrected chi connectivity index (χ1v) is 19.1. The van der Waals surface area contributed by atoms with Crippen molar-refractivity contribution >= 4 is 27.5 Å². The molecule has 1 saturated carbocycles. The first-order chi connectivity index (χ1) is 25.0. The molecule has 1 aliphatic carbocycles. The summed E-state index contributed by atoms with van der Waals surface area (Å²) in [5.41, 5.74) is 3.60. The van der Waals surface area contributed by atoms with Crippen LogP contribution in [0, 0.1) is 13.8 Å². The van der Waals surface area contributed by atoms with Crippen molar-refractivity contribution < 1.29 is 32.2 Å². The van der Waals surface area contributed by atoms with Gasteiger partial charge in [-0.3, -0.25) is 13.9 Å². The summed E-state index contributed by atoms with van der Waals surface area (Å²) < 4.78 is 46.7. The van der Waals surface area contributed by atoms with Crippen LogP contribution in [-0.2, 0) is 32.6 Å². The molecule has 0 spiro atoms. The third-order valence-electron chi connectivity index (χ3n) is 9.43. The minimum absolute atomic E-state index is 0.00509. The first kappa shape index (κ1) is 38.2. The smallest absolute Gasteiger partial charge is 0.264 e. The van der Waals surface area contributed by atoms with E-state index in [2.05, 4.69) is 5.32 Å². The monoisotopic (exact) mass is 727 g/mol. The molecule has 0 bridgehead atoms. The Morgan fingerprint density at radius 1 is 0.769 bits per heavy atom. The fourth-order valence-corrected chi connectivity index (χ4v) is 8.21. The second-order valence-corrected chi connectivity index (χ2v) is 15.2. The number of nitrogens with zero attached hydrogens (tertiary/aromatic N) is 2. The summed E-state index contributed by atoms with van der Waals surface area (Å²) in [5.74, 6) is 0.396. The van der Waals surface area contributed by atoms with Crippen LogP contribution in [0.15, 0.2) is 95.9 Å². The Kier molecular flexibility index (Phi) is 12.8. The number of amides is 2. The third kappa shape index (κ3) is 9.44. The number of rotatable bonds is 15. The number of benzene rings is 4. The van der Waals surface area contributed by atoms with Gasteiger partial charge in [0.1, 0.15) is 18.3 Å². The molecule has 4 aromatic carbocycles. The van der Waals surface area contributed by atoms with Crippen LogP contribution in [-0.4, -0.2) is 65.1 Å². The van der Waals surface area contributed by atoms with Gasteiger partial charge in [-0.25, -0.2) is 8.42 Å². The van der Waals surface area contributed by atoms with Crippen LogP contribution >= 0.6 is 0 Å². The van der Waals surface area contributed by atoms with E-state index in [9.17, 15) is 18.0 Å². The highest BCUT2D eigenvalue weighted by Crippen LogP contribution is 2.33. The van der Waals surface area contributed by atoms with E-state index in [1.54, 1.807) is 19.2 Å². The van der Waals surface area contributed by atoms with E-state index in [0.29, 0.717) is 17.2 Å². The SMILES string of the molecule is COc1cccc(CN(C(=O)CN(c2cc(C)cc(C)c2)S(=O)(=O)c2ccc(OC)c(OC)c2)C(Cc2ccccc2)C(=O)NC2CCCCC2)c1. The molecular formula is C41H49N3O7S. The number of methoxy groups -OCH3 is 3. The molecule has 0 saturated heterocycles. The molecule has 1 atom stereocenters. The van der Waals surface area contributed by atoms with Crippen molar-refractivity contribution in [1.29, 1.82) is 0 Å². The molecule has 4 aromatic rings. The average molecular weight is 728 g/mol. The summed E-state index contributed by atoms with van der Waals surface area (Å²) in [5, 5.41) is 3.25. The van der Waals surface area contributed by atoms with Gasteiger partial charge in [-0.1, -0.05) is 67.8 Å². The lowest BCUT2D eigenvalue weighted by molar-refractivity contribution is -0.140.